The van der Waals surface area contributed by atoms with Gasteiger partial charge in [0.15, 0.2) is 0 Å². The lowest BCUT2D eigenvalue weighted by molar-refractivity contribution is -0.121. The van der Waals surface area contributed by atoms with Crippen LogP contribution in [0.3, 0.4) is 0 Å². The molecule has 2 aliphatic rings. The molecule has 4 heteroatoms. The van der Waals surface area contributed by atoms with E-state index in [1.165, 1.54) is 36.8 Å². The minimum atomic E-state index is 0. The maximum Gasteiger partial charge on any atom is 0.224 e. The van der Waals surface area contributed by atoms with E-state index in [9.17, 15) is 4.79 Å². The van der Waals surface area contributed by atoms with Gasteiger partial charge in [0.25, 0.3) is 0 Å². The van der Waals surface area contributed by atoms with E-state index >= 15 is 0 Å². The van der Waals surface area contributed by atoms with Crippen LogP contribution in [0.25, 0.3) is 0 Å². The van der Waals surface area contributed by atoms with Crippen molar-refractivity contribution >= 4 is 18.3 Å². The van der Waals surface area contributed by atoms with Crippen molar-refractivity contribution in [2.75, 3.05) is 13.1 Å². The normalized spacial score (nSPS) is 21.0. The Morgan fingerprint density at radius 1 is 1.19 bits per heavy atom. The highest BCUT2D eigenvalue weighted by atomic mass is 35.5. The van der Waals surface area contributed by atoms with Crippen LogP contribution < -0.4 is 10.6 Å². The first-order valence-corrected chi connectivity index (χ1v) is 7.92. The molecule has 1 saturated heterocycles. The Morgan fingerprint density at radius 2 is 2.00 bits per heavy atom. The summed E-state index contributed by atoms with van der Waals surface area (Å²) in [5.41, 5.74) is 4.10. The van der Waals surface area contributed by atoms with E-state index in [0.717, 1.165) is 31.5 Å². The molecule has 1 aromatic rings. The van der Waals surface area contributed by atoms with Crippen molar-refractivity contribution < 1.29 is 4.79 Å². The van der Waals surface area contributed by atoms with Crippen molar-refractivity contribution in [1.29, 1.82) is 0 Å². The second kappa shape index (κ2) is 7.81. The quantitative estimate of drug-likeness (QED) is 0.900. The second-order valence-electron chi connectivity index (χ2n) is 6.10. The summed E-state index contributed by atoms with van der Waals surface area (Å²) in [6, 6.07) is 6.91. The molecule has 1 atom stereocenters. The first-order chi connectivity index (χ1) is 9.81. The van der Waals surface area contributed by atoms with E-state index in [0.29, 0.717) is 12.5 Å². The monoisotopic (exact) mass is 308 g/mol. The number of hydrogen-bond acceptors (Lipinski definition) is 2. The van der Waals surface area contributed by atoms with E-state index in [1.54, 1.807) is 0 Å². The van der Waals surface area contributed by atoms with E-state index < -0.39 is 0 Å². The third kappa shape index (κ3) is 4.45. The zero-order valence-electron chi connectivity index (χ0n) is 12.5. The van der Waals surface area contributed by atoms with Gasteiger partial charge >= 0.3 is 0 Å². The number of carbonyl (C=O) groups excluding carboxylic acids is 1. The molecule has 21 heavy (non-hydrogen) atoms. The van der Waals surface area contributed by atoms with Gasteiger partial charge in [-0.05, 0) is 61.8 Å². The molecule has 0 saturated carbocycles. The Kier molecular flexibility index (Phi) is 6.07. The minimum Gasteiger partial charge on any atom is -0.352 e. The van der Waals surface area contributed by atoms with Gasteiger partial charge in [-0.2, -0.15) is 0 Å². The lowest BCUT2D eigenvalue weighted by Crippen LogP contribution is -2.46. The van der Waals surface area contributed by atoms with Gasteiger partial charge < -0.3 is 10.6 Å². The van der Waals surface area contributed by atoms with Gasteiger partial charge in [-0.15, -0.1) is 12.4 Å². The summed E-state index contributed by atoms with van der Waals surface area (Å²) in [6.45, 7) is 1.99. The molecule has 0 bridgehead atoms. The number of benzene rings is 1. The topological polar surface area (TPSA) is 41.1 Å². The fourth-order valence-electron chi connectivity index (χ4n) is 3.34. The Balaban J connectivity index is 0.00000161. The van der Waals surface area contributed by atoms with Crippen LogP contribution in [0.4, 0.5) is 0 Å². The predicted octanol–water partition coefficient (Wildman–Crippen LogP) is 2.40. The van der Waals surface area contributed by atoms with Crippen LogP contribution in [0.5, 0.6) is 0 Å². The summed E-state index contributed by atoms with van der Waals surface area (Å²) in [6.07, 6.45) is 7.75. The third-order valence-electron chi connectivity index (χ3n) is 4.44. The highest BCUT2D eigenvalue weighted by Gasteiger charge is 2.16. The van der Waals surface area contributed by atoms with Crippen LogP contribution in [0, 0.1) is 0 Å². The van der Waals surface area contributed by atoms with Gasteiger partial charge in [0, 0.05) is 12.6 Å². The molecular formula is C17H25ClN2O. The van der Waals surface area contributed by atoms with E-state index in [1.807, 2.05) is 0 Å². The molecule has 1 aromatic carbocycles. The molecule has 1 aliphatic heterocycles. The zero-order chi connectivity index (χ0) is 13.8. The predicted molar refractivity (Wildman–Crippen MR) is 88.1 cm³/mol. The van der Waals surface area contributed by atoms with Crippen molar-refractivity contribution in [3.63, 3.8) is 0 Å². The summed E-state index contributed by atoms with van der Waals surface area (Å²) >= 11 is 0. The van der Waals surface area contributed by atoms with Crippen molar-refractivity contribution in [2.45, 2.75) is 51.0 Å². The van der Waals surface area contributed by atoms with Crippen LogP contribution in [0.1, 0.15) is 42.4 Å². The van der Waals surface area contributed by atoms with Crippen LogP contribution in [0.15, 0.2) is 18.2 Å². The third-order valence-corrected chi connectivity index (χ3v) is 4.44. The van der Waals surface area contributed by atoms with E-state index in [2.05, 4.69) is 28.8 Å². The summed E-state index contributed by atoms with van der Waals surface area (Å²) in [4.78, 5) is 12.1. The molecule has 0 aromatic heterocycles. The number of amides is 1. The first-order valence-electron chi connectivity index (χ1n) is 7.92. The maximum absolute atomic E-state index is 12.1. The highest BCUT2D eigenvalue weighted by molar-refractivity contribution is 5.85. The van der Waals surface area contributed by atoms with Crippen LogP contribution in [-0.4, -0.2) is 25.0 Å². The van der Waals surface area contributed by atoms with Crippen LogP contribution >= 0.6 is 12.4 Å². The number of aryl methyl sites for hydroxylation is 2. The number of nitrogens with one attached hydrogen (secondary N) is 2. The standard InChI is InChI=1S/C17H24N2O.ClH/c20-17(19-16-6-3-9-18-12-16)11-13-7-8-14-4-1-2-5-15(14)10-13;/h7-8,10,16,18H,1-6,9,11-12H2,(H,19,20);1H. The zero-order valence-corrected chi connectivity index (χ0v) is 13.3. The Hall–Kier alpha value is -1.06. The average Bonchev–Trinajstić information content (AvgIpc) is 2.48. The van der Waals surface area contributed by atoms with Gasteiger partial charge in [0.1, 0.15) is 0 Å². The van der Waals surface area contributed by atoms with Crippen molar-refractivity contribution in [2.24, 2.45) is 0 Å². The van der Waals surface area contributed by atoms with E-state index in [4.69, 9.17) is 0 Å². The molecular weight excluding hydrogens is 284 g/mol. The molecule has 3 rings (SSSR count). The smallest absolute Gasteiger partial charge is 0.224 e. The Labute approximate surface area is 133 Å². The van der Waals surface area contributed by atoms with E-state index in [-0.39, 0.29) is 18.3 Å². The molecule has 116 valence electrons. The number of halogens is 1. The summed E-state index contributed by atoms with van der Waals surface area (Å²) in [7, 11) is 0. The molecule has 1 unspecified atom stereocenters. The SMILES string of the molecule is Cl.O=C(Cc1ccc2c(c1)CCCC2)NC1CCCNC1. The number of rotatable bonds is 3. The average molecular weight is 309 g/mol. The molecule has 1 aliphatic carbocycles. The van der Waals surface area contributed by atoms with Gasteiger partial charge in [0.05, 0.1) is 6.42 Å². The first kappa shape index (κ1) is 16.3. The van der Waals surface area contributed by atoms with Crippen molar-refractivity contribution in [1.82, 2.24) is 10.6 Å². The summed E-state index contributed by atoms with van der Waals surface area (Å²) < 4.78 is 0. The number of carbonyl (C=O) groups is 1. The van der Waals surface area contributed by atoms with Gasteiger partial charge in [-0.1, -0.05) is 18.2 Å². The maximum atomic E-state index is 12.1. The molecule has 3 nitrogen and oxygen atoms in total. The molecule has 1 heterocycles. The van der Waals surface area contributed by atoms with Gasteiger partial charge in [0.2, 0.25) is 5.91 Å². The lowest BCUT2D eigenvalue weighted by Gasteiger charge is -2.24. The molecule has 0 spiro atoms. The summed E-state index contributed by atoms with van der Waals surface area (Å²) in [5.74, 6) is 0.162. The van der Waals surface area contributed by atoms with Gasteiger partial charge in [-0.25, -0.2) is 0 Å². The molecule has 1 fully saturated rings. The number of hydrogen-bond donors (Lipinski definition) is 2. The van der Waals surface area contributed by atoms with Crippen molar-refractivity contribution in [3.8, 4) is 0 Å². The fourth-order valence-corrected chi connectivity index (χ4v) is 3.34. The van der Waals surface area contributed by atoms with Crippen LogP contribution in [-0.2, 0) is 24.1 Å². The lowest BCUT2D eigenvalue weighted by atomic mass is 9.90. The number of fused-ring (bicyclic) bond motifs is 1. The number of piperidine rings is 1. The fraction of sp³-hybridized carbons (Fsp3) is 0.588. The molecule has 2 N–H and O–H groups in total. The minimum absolute atomic E-state index is 0. The van der Waals surface area contributed by atoms with Crippen LogP contribution in [0.2, 0.25) is 0 Å². The molecule has 0 radical (unpaired) electrons. The second-order valence-corrected chi connectivity index (χ2v) is 6.10. The Bertz CT molecular complexity index is 484. The highest BCUT2D eigenvalue weighted by Crippen LogP contribution is 2.22. The van der Waals surface area contributed by atoms with Crippen molar-refractivity contribution in [3.05, 3.63) is 34.9 Å². The molecule has 1 amide bonds. The van der Waals surface area contributed by atoms with Gasteiger partial charge in [-0.3, -0.25) is 4.79 Å². The summed E-state index contributed by atoms with van der Waals surface area (Å²) in [5, 5.41) is 6.48. The Morgan fingerprint density at radius 3 is 2.76 bits per heavy atom. The largest absolute Gasteiger partial charge is 0.352 e.